The monoisotopic (exact) mass is 336 g/mol. The Hall–Kier alpha value is -1.63. The number of rotatable bonds is 5. The first-order chi connectivity index (χ1) is 10.3. The number of aryl methyl sites for hydroxylation is 1. The minimum atomic E-state index is -5.21. The number of esters is 1. The van der Waals surface area contributed by atoms with Gasteiger partial charge < -0.3 is 9.84 Å². The highest BCUT2D eigenvalue weighted by Gasteiger charge is 2.62. The first kappa shape index (κ1) is 19.4. The Morgan fingerprint density at radius 2 is 1.83 bits per heavy atom. The molecule has 130 valence electrons. The third kappa shape index (κ3) is 4.02. The molecule has 1 N–H and O–H groups in total. The van der Waals surface area contributed by atoms with Gasteiger partial charge in [0.05, 0.1) is 6.61 Å². The van der Waals surface area contributed by atoms with E-state index in [4.69, 9.17) is 0 Å². The van der Waals surface area contributed by atoms with E-state index in [1.165, 1.54) is 32.9 Å². The van der Waals surface area contributed by atoms with Gasteiger partial charge in [-0.05, 0) is 42.5 Å². The van der Waals surface area contributed by atoms with Crippen LogP contribution in [0.15, 0.2) is 18.2 Å². The zero-order valence-corrected chi connectivity index (χ0v) is 13.4. The molecule has 0 spiro atoms. The summed E-state index contributed by atoms with van der Waals surface area (Å²) in [5.41, 5.74) is -4.14. The lowest BCUT2D eigenvalue weighted by Crippen LogP contribution is -2.56. The lowest BCUT2D eigenvalue weighted by molar-refractivity contribution is -0.267. The molecule has 3 nitrogen and oxygen atoms in total. The second-order valence-corrected chi connectivity index (χ2v) is 6.10. The predicted octanol–water partition coefficient (Wildman–Crippen LogP) is 3.66. The van der Waals surface area contributed by atoms with E-state index in [2.05, 4.69) is 4.74 Å². The van der Waals surface area contributed by atoms with E-state index >= 15 is 0 Å². The summed E-state index contributed by atoms with van der Waals surface area (Å²) in [6, 6.07) is 3.73. The average Bonchev–Trinajstić information content (AvgIpc) is 2.39. The summed E-state index contributed by atoms with van der Waals surface area (Å²) < 4.78 is 57.7. The summed E-state index contributed by atoms with van der Waals surface area (Å²) in [5, 5.41) is 10.0. The summed E-state index contributed by atoms with van der Waals surface area (Å²) in [6.07, 6.45) is -6.19. The van der Waals surface area contributed by atoms with Gasteiger partial charge in [-0.25, -0.2) is 9.18 Å². The van der Waals surface area contributed by atoms with E-state index < -0.39 is 35.4 Å². The van der Waals surface area contributed by atoms with Crippen LogP contribution in [0.25, 0.3) is 0 Å². The molecule has 0 amide bonds. The molecular formula is C16H20F4O3. The molecule has 0 fully saturated rings. The van der Waals surface area contributed by atoms with Crippen molar-refractivity contribution in [1.29, 1.82) is 0 Å². The molecule has 0 aliphatic carbocycles. The van der Waals surface area contributed by atoms with Crippen LogP contribution in [0.2, 0.25) is 0 Å². The summed E-state index contributed by atoms with van der Waals surface area (Å²) >= 11 is 0. The smallest absolute Gasteiger partial charge is 0.428 e. The largest absolute Gasteiger partial charge is 0.464 e. The van der Waals surface area contributed by atoms with Crippen LogP contribution in [0.5, 0.6) is 0 Å². The molecule has 0 bridgehead atoms. The summed E-state index contributed by atoms with van der Waals surface area (Å²) in [6.45, 7) is 5.48. The molecule has 1 aromatic rings. The Labute approximate surface area is 132 Å². The molecule has 23 heavy (non-hydrogen) atoms. The molecule has 0 radical (unpaired) electrons. The molecule has 1 aromatic carbocycles. The number of ether oxygens (including phenoxy) is 1. The van der Waals surface area contributed by atoms with Crippen LogP contribution in [0.1, 0.15) is 38.3 Å². The van der Waals surface area contributed by atoms with Crippen LogP contribution in [0, 0.1) is 12.7 Å². The minimum Gasteiger partial charge on any atom is -0.464 e. The fourth-order valence-electron chi connectivity index (χ4n) is 2.60. The number of carbonyl (C=O) groups excluding carboxylic acids is 1. The fourth-order valence-corrected chi connectivity index (χ4v) is 2.60. The van der Waals surface area contributed by atoms with Gasteiger partial charge in [-0.1, -0.05) is 19.9 Å². The normalized spacial score (nSPS) is 15.2. The minimum absolute atomic E-state index is 0.282. The zero-order valence-electron chi connectivity index (χ0n) is 13.4. The van der Waals surface area contributed by atoms with Crippen molar-refractivity contribution in [2.45, 2.75) is 51.3 Å². The molecule has 0 saturated carbocycles. The van der Waals surface area contributed by atoms with Crippen LogP contribution < -0.4 is 0 Å². The maximum Gasteiger partial charge on any atom is 0.428 e. The predicted molar refractivity (Wildman–Crippen MR) is 76.4 cm³/mol. The number of hydrogen-bond acceptors (Lipinski definition) is 3. The fraction of sp³-hybridized carbons (Fsp3) is 0.562. The van der Waals surface area contributed by atoms with Gasteiger partial charge >= 0.3 is 12.1 Å². The third-order valence-corrected chi connectivity index (χ3v) is 3.71. The number of halogens is 4. The summed E-state index contributed by atoms with van der Waals surface area (Å²) in [4.78, 5) is 11.7. The molecule has 0 aromatic heterocycles. The second kappa shape index (κ2) is 6.47. The van der Waals surface area contributed by atoms with Gasteiger partial charge in [0.25, 0.3) is 5.60 Å². The van der Waals surface area contributed by atoms with Gasteiger partial charge in [0.1, 0.15) is 5.82 Å². The van der Waals surface area contributed by atoms with Gasteiger partial charge in [-0.15, -0.1) is 0 Å². The van der Waals surface area contributed by atoms with Gasteiger partial charge in [0.2, 0.25) is 0 Å². The first-order valence-electron chi connectivity index (χ1n) is 7.08. The first-order valence-corrected chi connectivity index (χ1v) is 7.08. The highest BCUT2D eigenvalue weighted by atomic mass is 19.4. The molecule has 1 rings (SSSR count). The number of benzene rings is 1. The third-order valence-electron chi connectivity index (χ3n) is 3.71. The second-order valence-electron chi connectivity index (χ2n) is 6.10. The number of aliphatic hydroxyl groups is 1. The van der Waals surface area contributed by atoms with E-state index in [0.717, 1.165) is 6.07 Å². The number of carbonyl (C=O) groups is 1. The maximum atomic E-state index is 13.4. The highest BCUT2D eigenvalue weighted by Crippen LogP contribution is 2.42. The topological polar surface area (TPSA) is 46.5 Å². The van der Waals surface area contributed by atoms with Crippen molar-refractivity contribution in [3.8, 4) is 0 Å². The van der Waals surface area contributed by atoms with Crippen LogP contribution >= 0.6 is 0 Å². The van der Waals surface area contributed by atoms with E-state index in [-0.39, 0.29) is 12.2 Å². The lowest BCUT2D eigenvalue weighted by Gasteiger charge is -2.36. The van der Waals surface area contributed by atoms with Crippen molar-refractivity contribution < 1.29 is 32.2 Å². The van der Waals surface area contributed by atoms with Crippen LogP contribution in [-0.4, -0.2) is 29.5 Å². The van der Waals surface area contributed by atoms with Crippen LogP contribution in [-0.2, 0) is 14.9 Å². The average molecular weight is 336 g/mol. The van der Waals surface area contributed by atoms with Crippen molar-refractivity contribution in [2.75, 3.05) is 6.61 Å². The van der Waals surface area contributed by atoms with Crippen LogP contribution in [0.3, 0.4) is 0 Å². The molecule has 1 atom stereocenters. The molecule has 0 aliphatic heterocycles. The molecule has 1 unspecified atom stereocenters. The van der Waals surface area contributed by atoms with Crippen molar-refractivity contribution in [3.05, 3.63) is 35.1 Å². The number of hydrogen-bond donors (Lipinski definition) is 1. The quantitative estimate of drug-likeness (QED) is 0.659. The Balaban J connectivity index is 3.31. The van der Waals surface area contributed by atoms with E-state index in [1.807, 2.05) is 0 Å². The van der Waals surface area contributed by atoms with E-state index in [1.54, 1.807) is 6.92 Å². The summed E-state index contributed by atoms with van der Waals surface area (Å²) in [7, 11) is 0. The molecule has 0 heterocycles. The van der Waals surface area contributed by atoms with Gasteiger partial charge in [0.15, 0.2) is 0 Å². The SMILES string of the molecule is CCOC(=O)C(O)(CC(C)(C)c1cc(F)ccc1C)C(F)(F)F. The van der Waals surface area contributed by atoms with E-state index in [0.29, 0.717) is 5.56 Å². The Morgan fingerprint density at radius 3 is 2.30 bits per heavy atom. The molecule has 0 saturated heterocycles. The van der Waals surface area contributed by atoms with E-state index in [9.17, 15) is 27.5 Å². The number of alkyl halides is 3. The molecular weight excluding hydrogens is 316 g/mol. The summed E-state index contributed by atoms with van der Waals surface area (Å²) in [5.74, 6) is -2.36. The highest BCUT2D eigenvalue weighted by molar-refractivity contribution is 5.80. The van der Waals surface area contributed by atoms with Crippen molar-refractivity contribution in [1.82, 2.24) is 0 Å². The van der Waals surface area contributed by atoms with Crippen molar-refractivity contribution >= 4 is 5.97 Å². The van der Waals surface area contributed by atoms with Gasteiger partial charge in [-0.2, -0.15) is 13.2 Å². The van der Waals surface area contributed by atoms with Gasteiger partial charge in [0, 0.05) is 6.42 Å². The van der Waals surface area contributed by atoms with Crippen molar-refractivity contribution in [2.24, 2.45) is 0 Å². The molecule has 0 aliphatic rings. The Bertz CT molecular complexity index is 581. The Kier molecular flexibility index (Phi) is 5.46. The van der Waals surface area contributed by atoms with Crippen LogP contribution in [0.4, 0.5) is 17.6 Å². The van der Waals surface area contributed by atoms with Gasteiger partial charge in [-0.3, -0.25) is 0 Å². The standard InChI is InChI=1S/C16H20F4O3/c1-5-23-13(21)15(22,16(18,19)20)9-14(3,4)12-8-11(17)7-6-10(12)2/h6-8,22H,5,9H2,1-4H3. The lowest BCUT2D eigenvalue weighted by atomic mass is 9.73. The maximum absolute atomic E-state index is 13.4. The van der Waals surface area contributed by atoms with Crippen molar-refractivity contribution in [3.63, 3.8) is 0 Å². The zero-order chi connectivity index (χ0) is 18.1. The molecule has 7 heteroatoms. The Morgan fingerprint density at radius 1 is 1.26 bits per heavy atom.